The van der Waals surface area contributed by atoms with Crippen LogP contribution in [0.5, 0.6) is 5.75 Å². The van der Waals surface area contributed by atoms with Gasteiger partial charge in [-0.05, 0) is 23.3 Å². The summed E-state index contributed by atoms with van der Waals surface area (Å²) in [5.74, 6) is 8.32. The minimum Gasteiger partial charge on any atom is -0.609 e. The molecule has 0 amide bonds. The molecule has 0 atom stereocenters. The van der Waals surface area contributed by atoms with E-state index >= 15 is 0 Å². The van der Waals surface area contributed by atoms with E-state index in [1.165, 1.54) is 11.1 Å². The molecule has 0 saturated heterocycles. The third-order valence-electron chi connectivity index (χ3n) is 2.14. The Morgan fingerprint density at radius 3 is 2.83 bits per heavy atom. The molecule has 3 heteroatoms. The summed E-state index contributed by atoms with van der Waals surface area (Å²) in [7, 11) is 1.66. The van der Waals surface area contributed by atoms with Crippen molar-refractivity contribution < 1.29 is 4.74 Å². The highest BCUT2D eigenvalue weighted by Gasteiger charge is 2.11. The van der Waals surface area contributed by atoms with E-state index in [0.717, 1.165) is 12.3 Å². The first-order valence-corrected chi connectivity index (χ1v) is 3.91. The van der Waals surface area contributed by atoms with Gasteiger partial charge in [0.1, 0.15) is 5.75 Å². The minimum absolute atomic E-state index is 0.715. The van der Waals surface area contributed by atoms with Gasteiger partial charge in [0.05, 0.1) is 7.11 Å². The lowest BCUT2D eigenvalue weighted by Crippen LogP contribution is -2.02. The maximum atomic E-state index is 7.44. The predicted octanol–water partition coefficient (Wildman–Crippen LogP) is 1.98. The molecule has 0 radical (unpaired) electrons. The smallest absolute Gasteiger partial charge is 0.119 e. The highest BCUT2D eigenvalue weighted by Crippen LogP contribution is 2.25. The van der Waals surface area contributed by atoms with Crippen LogP contribution in [0.1, 0.15) is 11.1 Å². The predicted molar refractivity (Wildman–Crippen MR) is 46.6 cm³/mol. The fraction of sp³-hybridized carbons (Fsp3) is 0.333. The lowest BCUT2D eigenvalue weighted by Gasteiger charge is -2.16. The quantitative estimate of drug-likeness (QED) is 0.634. The van der Waals surface area contributed by atoms with E-state index in [1.807, 2.05) is 18.2 Å². The SMILES string of the molecule is COc1ccc2c(c1)CN([NH-])C2. The summed E-state index contributed by atoms with van der Waals surface area (Å²) in [5.41, 5.74) is 2.45. The summed E-state index contributed by atoms with van der Waals surface area (Å²) < 4.78 is 5.09. The van der Waals surface area contributed by atoms with Crippen molar-refractivity contribution in [2.24, 2.45) is 0 Å². The van der Waals surface area contributed by atoms with Crippen LogP contribution >= 0.6 is 0 Å². The van der Waals surface area contributed by atoms with Gasteiger partial charge in [-0.2, -0.15) is 0 Å². The fourth-order valence-corrected chi connectivity index (χ4v) is 1.50. The van der Waals surface area contributed by atoms with Crippen LogP contribution < -0.4 is 4.74 Å². The average Bonchev–Trinajstić information content (AvgIpc) is 2.43. The standard InChI is InChI=1S/C9H11N2O/c1-12-9-3-2-7-5-11(10)6-8(7)4-9/h2-4,10H,5-6H2,1H3/q-1. The third-order valence-corrected chi connectivity index (χ3v) is 2.14. The molecule has 2 rings (SSSR count). The van der Waals surface area contributed by atoms with Crippen molar-refractivity contribution in [2.75, 3.05) is 7.11 Å². The second-order valence-corrected chi connectivity index (χ2v) is 2.99. The molecule has 1 aromatic rings. The Kier molecular flexibility index (Phi) is 1.75. The number of ether oxygens (including phenoxy) is 1. The largest absolute Gasteiger partial charge is 0.609 e. The zero-order valence-electron chi connectivity index (χ0n) is 7.00. The molecular weight excluding hydrogens is 152 g/mol. The van der Waals surface area contributed by atoms with E-state index in [2.05, 4.69) is 0 Å². The van der Waals surface area contributed by atoms with Gasteiger partial charge in [0, 0.05) is 13.1 Å². The number of benzene rings is 1. The van der Waals surface area contributed by atoms with Crippen molar-refractivity contribution in [3.8, 4) is 5.75 Å². The van der Waals surface area contributed by atoms with Crippen molar-refractivity contribution in [3.63, 3.8) is 0 Å². The zero-order valence-corrected chi connectivity index (χ0v) is 7.00. The number of nitrogens with one attached hydrogen (secondary N) is 1. The number of nitrogens with zero attached hydrogens (tertiary/aromatic N) is 1. The highest BCUT2D eigenvalue weighted by molar-refractivity contribution is 5.37. The van der Waals surface area contributed by atoms with Crippen LogP contribution in [0.4, 0.5) is 0 Å². The van der Waals surface area contributed by atoms with Crippen molar-refractivity contribution in [3.05, 3.63) is 35.2 Å². The first-order valence-electron chi connectivity index (χ1n) is 3.91. The monoisotopic (exact) mass is 163 g/mol. The van der Waals surface area contributed by atoms with Crippen LogP contribution in [0.25, 0.3) is 5.84 Å². The molecule has 0 unspecified atom stereocenters. The molecule has 1 aliphatic rings. The molecule has 1 heterocycles. The summed E-state index contributed by atoms with van der Waals surface area (Å²) >= 11 is 0. The second kappa shape index (κ2) is 2.77. The minimum atomic E-state index is 0.715. The van der Waals surface area contributed by atoms with Gasteiger partial charge in [-0.25, -0.2) is 0 Å². The second-order valence-electron chi connectivity index (χ2n) is 2.99. The first-order chi connectivity index (χ1) is 5.79. The normalized spacial score (nSPS) is 16.2. The van der Waals surface area contributed by atoms with Gasteiger partial charge in [0.15, 0.2) is 0 Å². The van der Waals surface area contributed by atoms with E-state index < -0.39 is 0 Å². The van der Waals surface area contributed by atoms with Gasteiger partial charge in [-0.1, -0.05) is 6.07 Å². The Morgan fingerprint density at radius 2 is 2.08 bits per heavy atom. The third kappa shape index (κ3) is 1.17. The molecule has 0 aromatic heterocycles. The topological polar surface area (TPSA) is 36.3 Å². The summed E-state index contributed by atoms with van der Waals surface area (Å²) in [6.07, 6.45) is 0. The Balaban J connectivity index is 2.35. The lowest BCUT2D eigenvalue weighted by molar-refractivity contribution is 0.399. The van der Waals surface area contributed by atoms with Crippen LogP contribution in [0.2, 0.25) is 0 Å². The molecule has 1 aromatic carbocycles. The molecular formula is C9H11N2O-. The summed E-state index contributed by atoms with van der Waals surface area (Å²) in [6, 6.07) is 5.98. The van der Waals surface area contributed by atoms with Gasteiger partial charge in [-0.15, -0.1) is 0 Å². The number of hydrogen-bond donors (Lipinski definition) is 0. The summed E-state index contributed by atoms with van der Waals surface area (Å²) in [4.78, 5) is 0. The molecule has 0 saturated carbocycles. The molecule has 0 bridgehead atoms. The average molecular weight is 163 g/mol. The summed E-state index contributed by atoms with van der Waals surface area (Å²) in [6.45, 7) is 1.45. The maximum absolute atomic E-state index is 7.44. The number of rotatable bonds is 1. The maximum Gasteiger partial charge on any atom is 0.119 e. The van der Waals surface area contributed by atoms with Crippen LogP contribution in [0, 0.1) is 0 Å². The van der Waals surface area contributed by atoms with Crippen LogP contribution in [-0.4, -0.2) is 12.1 Å². The van der Waals surface area contributed by atoms with Crippen LogP contribution in [0.15, 0.2) is 18.2 Å². The van der Waals surface area contributed by atoms with Gasteiger partial charge in [-0.3, -0.25) is 0 Å². The van der Waals surface area contributed by atoms with E-state index in [4.69, 9.17) is 10.6 Å². The Hall–Kier alpha value is -1.06. The van der Waals surface area contributed by atoms with E-state index in [1.54, 1.807) is 12.1 Å². The van der Waals surface area contributed by atoms with Crippen molar-refractivity contribution in [1.29, 1.82) is 0 Å². The lowest BCUT2D eigenvalue weighted by atomic mass is 10.1. The molecule has 0 spiro atoms. The number of fused-ring (bicyclic) bond motifs is 1. The molecule has 12 heavy (non-hydrogen) atoms. The van der Waals surface area contributed by atoms with Crippen LogP contribution in [-0.2, 0) is 13.1 Å². The van der Waals surface area contributed by atoms with Crippen molar-refractivity contribution in [1.82, 2.24) is 5.01 Å². The van der Waals surface area contributed by atoms with E-state index in [0.29, 0.717) is 6.54 Å². The van der Waals surface area contributed by atoms with Crippen LogP contribution in [0.3, 0.4) is 0 Å². The Morgan fingerprint density at radius 1 is 1.33 bits per heavy atom. The Bertz CT molecular complexity index is 299. The highest BCUT2D eigenvalue weighted by atomic mass is 16.5. The van der Waals surface area contributed by atoms with E-state index in [9.17, 15) is 0 Å². The molecule has 0 fully saturated rings. The molecule has 0 aliphatic carbocycles. The van der Waals surface area contributed by atoms with Crippen molar-refractivity contribution >= 4 is 0 Å². The van der Waals surface area contributed by atoms with Gasteiger partial charge in [0.25, 0.3) is 0 Å². The van der Waals surface area contributed by atoms with Gasteiger partial charge < -0.3 is 15.6 Å². The number of methoxy groups -OCH3 is 1. The fourth-order valence-electron chi connectivity index (χ4n) is 1.50. The van der Waals surface area contributed by atoms with Gasteiger partial charge >= 0.3 is 0 Å². The molecule has 3 nitrogen and oxygen atoms in total. The Labute approximate surface area is 71.7 Å². The zero-order chi connectivity index (χ0) is 8.55. The molecule has 1 aliphatic heterocycles. The van der Waals surface area contributed by atoms with Gasteiger partial charge in [0.2, 0.25) is 0 Å². The van der Waals surface area contributed by atoms with E-state index in [-0.39, 0.29) is 0 Å². The summed E-state index contributed by atoms with van der Waals surface area (Å²) in [5, 5.41) is 1.55. The molecule has 1 N–H and O–H groups in total. The molecule has 64 valence electrons. The van der Waals surface area contributed by atoms with Crippen molar-refractivity contribution in [2.45, 2.75) is 13.1 Å². The first kappa shape index (κ1) is 7.58. The number of hydrogen-bond acceptors (Lipinski definition) is 2.